The van der Waals surface area contributed by atoms with Crippen LogP contribution in [0.5, 0.6) is 5.75 Å². The summed E-state index contributed by atoms with van der Waals surface area (Å²) in [6, 6.07) is 28.2. The van der Waals surface area contributed by atoms with Crippen molar-refractivity contribution >= 4 is 23.0 Å². The molecule has 3 aromatic carbocycles. The molecule has 0 fully saturated rings. The van der Waals surface area contributed by atoms with E-state index in [2.05, 4.69) is 53.0 Å². The predicted octanol–water partition coefficient (Wildman–Crippen LogP) is 6.39. The van der Waals surface area contributed by atoms with E-state index in [0.717, 1.165) is 28.0 Å². The molecule has 1 N–H and O–H groups in total. The second-order valence-corrected chi connectivity index (χ2v) is 9.06. The fourth-order valence-electron chi connectivity index (χ4n) is 3.73. The molecule has 178 valence electrons. The normalized spacial score (nSPS) is 11.3. The molecule has 0 saturated heterocycles. The van der Waals surface area contributed by atoms with Crippen LogP contribution in [-0.4, -0.2) is 30.0 Å². The molecule has 0 aliphatic carbocycles. The average Bonchev–Trinajstić information content (AvgIpc) is 3.39. The molecular weight excluding hydrogens is 458 g/mol. The summed E-state index contributed by atoms with van der Waals surface area (Å²) in [5, 5.41) is 15.6. The van der Waals surface area contributed by atoms with Crippen LogP contribution >= 0.6 is 11.3 Å². The van der Waals surface area contributed by atoms with Gasteiger partial charge >= 0.3 is 5.97 Å². The first-order valence-electron chi connectivity index (χ1n) is 11.4. The lowest BCUT2D eigenvalue weighted by Crippen LogP contribution is -2.10. The van der Waals surface area contributed by atoms with Gasteiger partial charge in [-0.2, -0.15) is 0 Å². The minimum absolute atomic E-state index is 0.0288. The Hall–Kier alpha value is -3.90. The molecule has 35 heavy (non-hydrogen) atoms. The SMILES string of the molecule is Cc1c(CC(=O)O)cccc1OCCON=C(Cc1cccs1)c1ccc(-c2ccccc2)cc1. The average molecular weight is 486 g/mol. The molecule has 0 bridgehead atoms. The van der Waals surface area contributed by atoms with Crippen molar-refractivity contribution in [2.24, 2.45) is 5.16 Å². The van der Waals surface area contributed by atoms with Crippen molar-refractivity contribution < 1.29 is 19.5 Å². The third-order valence-corrected chi connectivity index (χ3v) is 6.47. The van der Waals surface area contributed by atoms with Gasteiger partial charge < -0.3 is 14.7 Å². The first kappa shape index (κ1) is 24.2. The largest absolute Gasteiger partial charge is 0.490 e. The van der Waals surface area contributed by atoms with Crippen LogP contribution in [0.2, 0.25) is 0 Å². The van der Waals surface area contributed by atoms with Crippen LogP contribution in [0.1, 0.15) is 21.6 Å². The lowest BCUT2D eigenvalue weighted by molar-refractivity contribution is -0.136. The summed E-state index contributed by atoms with van der Waals surface area (Å²) >= 11 is 1.69. The zero-order chi connectivity index (χ0) is 24.5. The third-order valence-electron chi connectivity index (χ3n) is 5.59. The van der Waals surface area contributed by atoms with E-state index in [-0.39, 0.29) is 13.0 Å². The molecule has 4 rings (SSSR count). The van der Waals surface area contributed by atoms with Crippen LogP contribution in [0.3, 0.4) is 0 Å². The van der Waals surface area contributed by atoms with E-state index < -0.39 is 5.97 Å². The molecule has 0 radical (unpaired) electrons. The van der Waals surface area contributed by atoms with Crippen LogP contribution < -0.4 is 4.74 Å². The van der Waals surface area contributed by atoms with Crippen molar-refractivity contribution in [1.82, 2.24) is 0 Å². The van der Waals surface area contributed by atoms with Crippen molar-refractivity contribution in [3.63, 3.8) is 0 Å². The van der Waals surface area contributed by atoms with Crippen molar-refractivity contribution in [3.8, 4) is 16.9 Å². The minimum Gasteiger partial charge on any atom is -0.490 e. The summed E-state index contributed by atoms with van der Waals surface area (Å²) < 4.78 is 5.83. The van der Waals surface area contributed by atoms with Gasteiger partial charge in [-0.1, -0.05) is 78.0 Å². The Morgan fingerprint density at radius 1 is 0.857 bits per heavy atom. The van der Waals surface area contributed by atoms with Crippen LogP contribution in [0.25, 0.3) is 11.1 Å². The molecule has 4 aromatic rings. The van der Waals surface area contributed by atoms with Gasteiger partial charge in [-0.15, -0.1) is 11.3 Å². The summed E-state index contributed by atoms with van der Waals surface area (Å²) in [5.74, 6) is -0.204. The maximum atomic E-state index is 11.0. The van der Waals surface area contributed by atoms with Gasteiger partial charge in [-0.3, -0.25) is 4.79 Å². The minimum atomic E-state index is -0.863. The summed E-state index contributed by atoms with van der Waals surface area (Å²) in [7, 11) is 0. The molecule has 0 unspecified atom stereocenters. The monoisotopic (exact) mass is 485 g/mol. The molecule has 0 atom stereocenters. The van der Waals surface area contributed by atoms with Gasteiger partial charge in [0.05, 0.1) is 12.1 Å². The number of benzene rings is 3. The number of carboxylic acid groups (broad SMARTS) is 1. The van der Waals surface area contributed by atoms with E-state index >= 15 is 0 Å². The van der Waals surface area contributed by atoms with E-state index in [1.807, 2.05) is 37.3 Å². The number of hydrogen-bond acceptors (Lipinski definition) is 5. The van der Waals surface area contributed by atoms with E-state index in [1.54, 1.807) is 23.5 Å². The summed E-state index contributed by atoms with van der Waals surface area (Å²) in [4.78, 5) is 17.9. The fraction of sp³-hybridized carbons (Fsp3) is 0.172. The topological polar surface area (TPSA) is 68.1 Å². The third kappa shape index (κ3) is 6.80. The molecule has 6 heteroatoms. The Labute approximate surface area is 209 Å². The van der Waals surface area contributed by atoms with Crippen molar-refractivity contribution in [2.75, 3.05) is 13.2 Å². The van der Waals surface area contributed by atoms with Crippen LogP contribution in [0.15, 0.2) is 95.5 Å². The van der Waals surface area contributed by atoms with Crippen molar-refractivity contribution in [3.05, 3.63) is 112 Å². The molecule has 5 nitrogen and oxygen atoms in total. The van der Waals surface area contributed by atoms with Gasteiger partial charge in [0.2, 0.25) is 0 Å². The Kier molecular flexibility index (Phi) is 8.30. The summed E-state index contributed by atoms with van der Waals surface area (Å²) in [6.07, 6.45) is 0.651. The predicted molar refractivity (Wildman–Crippen MR) is 140 cm³/mol. The molecule has 0 spiro atoms. The number of carbonyl (C=O) groups is 1. The molecule has 0 amide bonds. The Balaban J connectivity index is 1.41. The quantitative estimate of drug-likeness (QED) is 0.152. The number of nitrogens with zero attached hydrogens (tertiary/aromatic N) is 1. The first-order valence-corrected chi connectivity index (χ1v) is 12.3. The molecule has 0 saturated carbocycles. The molecular formula is C29H27NO4S. The smallest absolute Gasteiger partial charge is 0.307 e. The zero-order valence-corrected chi connectivity index (χ0v) is 20.3. The van der Waals surface area contributed by atoms with Gasteiger partial charge in [0.15, 0.2) is 6.61 Å². The van der Waals surface area contributed by atoms with E-state index in [0.29, 0.717) is 18.8 Å². The van der Waals surface area contributed by atoms with E-state index in [1.165, 1.54) is 10.4 Å². The number of aliphatic carboxylic acids is 1. The number of oxime groups is 1. The zero-order valence-electron chi connectivity index (χ0n) is 19.5. The number of ether oxygens (including phenoxy) is 1. The molecule has 0 aliphatic heterocycles. The summed E-state index contributed by atoms with van der Waals surface area (Å²) in [6.45, 7) is 2.45. The summed E-state index contributed by atoms with van der Waals surface area (Å²) in [5.41, 5.74) is 5.76. The van der Waals surface area contributed by atoms with Gasteiger partial charge in [-0.05, 0) is 52.3 Å². The Bertz CT molecular complexity index is 1270. The highest BCUT2D eigenvalue weighted by Crippen LogP contribution is 2.23. The molecule has 1 heterocycles. The lowest BCUT2D eigenvalue weighted by Gasteiger charge is -2.12. The second kappa shape index (κ2) is 12.0. The molecule has 0 aliphatic rings. The highest BCUT2D eigenvalue weighted by Gasteiger charge is 2.10. The number of thiophene rings is 1. The van der Waals surface area contributed by atoms with Crippen LogP contribution in [-0.2, 0) is 22.5 Å². The fourth-order valence-corrected chi connectivity index (χ4v) is 4.44. The van der Waals surface area contributed by atoms with Gasteiger partial charge in [0.1, 0.15) is 12.4 Å². The van der Waals surface area contributed by atoms with Crippen LogP contribution in [0.4, 0.5) is 0 Å². The van der Waals surface area contributed by atoms with Gasteiger partial charge in [-0.25, -0.2) is 0 Å². The van der Waals surface area contributed by atoms with Gasteiger partial charge in [0.25, 0.3) is 0 Å². The second-order valence-electron chi connectivity index (χ2n) is 8.03. The maximum absolute atomic E-state index is 11.0. The maximum Gasteiger partial charge on any atom is 0.307 e. The van der Waals surface area contributed by atoms with Crippen molar-refractivity contribution in [2.45, 2.75) is 19.8 Å². The number of carboxylic acids is 1. The lowest BCUT2D eigenvalue weighted by atomic mass is 10.0. The Morgan fingerprint density at radius 3 is 2.34 bits per heavy atom. The molecule has 1 aromatic heterocycles. The number of rotatable bonds is 11. The highest BCUT2D eigenvalue weighted by atomic mass is 32.1. The number of hydrogen-bond donors (Lipinski definition) is 1. The standard InChI is InChI=1S/C29H27NO4S/c1-21-25(19-29(31)32)9-5-11-28(21)33-16-17-34-30-27(20-26-10-6-18-35-26)24-14-12-23(13-15-24)22-7-3-2-4-8-22/h2-15,18H,16-17,19-20H2,1H3,(H,31,32). The van der Waals surface area contributed by atoms with Gasteiger partial charge in [0, 0.05) is 11.3 Å². The van der Waals surface area contributed by atoms with E-state index in [9.17, 15) is 4.79 Å². The van der Waals surface area contributed by atoms with E-state index in [4.69, 9.17) is 14.7 Å². The van der Waals surface area contributed by atoms with Crippen LogP contribution in [0, 0.1) is 6.92 Å². The highest BCUT2D eigenvalue weighted by molar-refractivity contribution is 7.10. The first-order chi connectivity index (χ1) is 17.1. The van der Waals surface area contributed by atoms with Crippen molar-refractivity contribution in [1.29, 1.82) is 0 Å². The Morgan fingerprint density at radius 2 is 1.63 bits per heavy atom.